The summed E-state index contributed by atoms with van der Waals surface area (Å²) in [6.07, 6.45) is 0.712. The van der Waals surface area contributed by atoms with Crippen LogP contribution >= 0.6 is 0 Å². The molecule has 0 saturated carbocycles. The summed E-state index contributed by atoms with van der Waals surface area (Å²) >= 11 is 0. The van der Waals surface area contributed by atoms with Gasteiger partial charge in [-0.05, 0) is 43.9 Å². The fourth-order valence-electron chi connectivity index (χ4n) is 2.65. The van der Waals surface area contributed by atoms with Crippen LogP contribution in [0.25, 0.3) is 0 Å². The Morgan fingerprint density at radius 3 is 2.20 bits per heavy atom. The topological polar surface area (TPSA) is 63.2 Å². The van der Waals surface area contributed by atoms with E-state index < -0.39 is 15.9 Å². The highest BCUT2D eigenvalue weighted by molar-refractivity contribution is 7.90. The largest absolute Gasteiger partial charge is 0.274 e. The fourth-order valence-corrected chi connectivity index (χ4v) is 3.64. The van der Waals surface area contributed by atoms with Crippen molar-refractivity contribution in [3.05, 3.63) is 77.9 Å². The third kappa shape index (κ3) is 5.57. The van der Waals surface area contributed by atoms with Crippen molar-refractivity contribution in [2.45, 2.75) is 37.5 Å². The maximum atomic E-state index is 12.3. The van der Waals surface area contributed by atoms with E-state index in [1.165, 1.54) is 12.1 Å². The lowest BCUT2D eigenvalue weighted by Crippen LogP contribution is -2.31. The SMILES string of the molecule is C=C(C)CC(CC(=O)NS(=O)(=O)c1ccc(C)cc1)c1ccccc1. The first kappa shape index (κ1) is 18.9. The molecule has 0 radical (unpaired) electrons. The molecule has 0 aliphatic heterocycles. The van der Waals surface area contributed by atoms with E-state index in [0.717, 1.165) is 16.7 Å². The number of nitrogens with one attached hydrogen (secondary N) is 1. The van der Waals surface area contributed by atoms with E-state index >= 15 is 0 Å². The fraction of sp³-hybridized carbons (Fsp3) is 0.250. The normalized spacial score (nSPS) is 12.4. The predicted octanol–water partition coefficient (Wildman–Crippen LogP) is 3.94. The summed E-state index contributed by atoms with van der Waals surface area (Å²) in [4.78, 5) is 12.4. The zero-order valence-corrected chi connectivity index (χ0v) is 15.3. The number of sulfonamides is 1. The van der Waals surface area contributed by atoms with Gasteiger partial charge in [-0.3, -0.25) is 4.79 Å². The minimum Gasteiger partial charge on any atom is -0.274 e. The van der Waals surface area contributed by atoms with Crippen molar-refractivity contribution in [1.82, 2.24) is 4.72 Å². The lowest BCUT2D eigenvalue weighted by molar-refractivity contribution is -0.119. The van der Waals surface area contributed by atoms with Crippen molar-refractivity contribution < 1.29 is 13.2 Å². The molecule has 0 fully saturated rings. The van der Waals surface area contributed by atoms with Crippen LogP contribution in [0.3, 0.4) is 0 Å². The van der Waals surface area contributed by atoms with Gasteiger partial charge >= 0.3 is 0 Å². The lowest BCUT2D eigenvalue weighted by Gasteiger charge is -2.17. The molecule has 1 atom stereocenters. The highest BCUT2D eigenvalue weighted by atomic mass is 32.2. The van der Waals surface area contributed by atoms with Crippen molar-refractivity contribution in [2.24, 2.45) is 0 Å². The molecule has 1 N–H and O–H groups in total. The van der Waals surface area contributed by atoms with Gasteiger partial charge < -0.3 is 0 Å². The monoisotopic (exact) mass is 357 g/mol. The number of hydrogen-bond acceptors (Lipinski definition) is 3. The maximum Gasteiger partial charge on any atom is 0.264 e. The second kappa shape index (κ2) is 8.12. The van der Waals surface area contributed by atoms with Gasteiger partial charge in [-0.15, -0.1) is 6.58 Å². The van der Waals surface area contributed by atoms with Gasteiger partial charge in [-0.2, -0.15) is 0 Å². The van der Waals surface area contributed by atoms with Crippen LogP contribution < -0.4 is 4.72 Å². The molecule has 2 aromatic rings. The number of aryl methyl sites for hydroxylation is 1. The Morgan fingerprint density at radius 2 is 1.64 bits per heavy atom. The Labute approximate surface area is 149 Å². The number of amides is 1. The number of carbonyl (C=O) groups is 1. The van der Waals surface area contributed by atoms with Gasteiger partial charge in [0.2, 0.25) is 5.91 Å². The molecule has 0 aliphatic carbocycles. The molecule has 0 spiro atoms. The second-order valence-electron chi connectivity index (χ2n) is 6.31. The van der Waals surface area contributed by atoms with E-state index in [9.17, 15) is 13.2 Å². The summed E-state index contributed by atoms with van der Waals surface area (Å²) in [7, 11) is -3.85. The van der Waals surface area contributed by atoms with Gasteiger partial charge in [-0.1, -0.05) is 53.6 Å². The molecule has 1 unspecified atom stereocenters. The Hall–Kier alpha value is -2.40. The number of benzene rings is 2. The van der Waals surface area contributed by atoms with Crippen LogP contribution in [0.15, 0.2) is 71.6 Å². The molecular formula is C20H23NO3S. The third-order valence-corrected chi connectivity index (χ3v) is 5.27. The van der Waals surface area contributed by atoms with Crippen LogP contribution in [-0.4, -0.2) is 14.3 Å². The molecule has 0 bridgehead atoms. The molecule has 2 rings (SSSR count). The van der Waals surface area contributed by atoms with E-state index in [2.05, 4.69) is 11.3 Å². The summed E-state index contributed by atoms with van der Waals surface area (Å²) in [6, 6.07) is 16.0. The first-order valence-electron chi connectivity index (χ1n) is 8.09. The number of hydrogen-bond donors (Lipinski definition) is 1. The molecule has 4 nitrogen and oxygen atoms in total. The Bertz CT molecular complexity index is 840. The van der Waals surface area contributed by atoms with Crippen LogP contribution in [0.5, 0.6) is 0 Å². The summed E-state index contributed by atoms with van der Waals surface area (Å²) in [5.41, 5.74) is 2.90. The maximum absolute atomic E-state index is 12.3. The van der Waals surface area contributed by atoms with Gasteiger partial charge in [0.25, 0.3) is 10.0 Å². The average molecular weight is 357 g/mol. The molecule has 25 heavy (non-hydrogen) atoms. The first-order chi connectivity index (χ1) is 11.8. The molecule has 132 valence electrons. The summed E-state index contributed by atoms with van der Waals surface area (Å²) in [5, 5.41) is 0. The van der Waals surface area contributed by atoms with E-state index in [-0.39, 0.29) is 17.2 Å². The molecular weight excluding hydrogens is 334 g/mol. The molecule has 1 amide bonds. The van der Waals surface area contributed by atoms with Crippen molar-refractivity contribution in [2.75, 3.05) is 0 Å². The minimum atomic E-state index is -3.85. The van der Waals surface area contributed by atoms with Crippen LogP contribution in [0.4, 0.5) is 0 Å². The molecule has 0 saturated heterocycles. The molecule has 0 aromatic heterocycles. The average Bonchev–Trinajstić information content (AvgIpc) is 2.54. The second-order valence-corrected chi connectivity index (χ2v) is 8.00. The summed E-state index contributed by atoms with van der Waals surface area (Å²) in [5.74, 6) is -0.623. The smallest absolute Gasteiger partial charge is 0.264 e. The third-order valence-electron chi connectivity index (χ3n) is 3.88. The van der Waals surface area contributed by atoms with E-state index in [0.29, 0.717) is 6.42 Å². The van der Waals surface area contributed by atoms with Crippen molar-refractivity contribution >= 4 is 15.9 Å². The summed E-state index contributed by atoms with van der Waals surface area (Å²) in [6.45, 7) is 7.68. The zero-order valence-electron chi connectivity index (χ0n) is 14.5. The van der Waals surface area contributed by atoms with Crippen molar-refractivity contribution in [3.8, 4) is 0 Å². The molecule has 2 aromatic carbocycles. The van der Waals surface area contributed by atoms with Gasteiger partial charge in [0, 0.05) is 6.42 Å². The molecule has 5 heteroatoms. The van der Waals surface area contributed by atoms with Gasteiger partial charge in [0.15, 0.2) is 0 Å². The highest BCUT2D eigenvalue weighted by Gasteiger charge is 2.21. The van der Waals surface area contributed by atoms with Crippen LogP contribution in [0.2, 0.25) is 0 Å². The number of rotatable bonds is 7. The van der Waals surface area contributed by atoms with Gasteiger partial charge in [0.05, 0.1) is 4.90 Å². The predicted molar refractivity (Wildman–Crippen MR) is 99.7 cm³/mol. The zero-order chi connectivity index (χ0) is 18.4. The van der Waals surface area contributed by atoms with Crippen molar-refractivity contribution in [3.63, 3.8) is 0 Å². The minimum absolute atomic E-state index is 0.0853. The van der Waals surface area contributed by atoms with Crippen molar-refractivity contribution in [1.29, 1.82) is 0 Å². The van der Waals surface area contributed by atoms with Crippen LogP contribution in [-0.2, 0) is 14.8 Å². The molecule has 0 aliphatic rings. The van der Waals surface area contributed by atoms with E-state index in [4.69, 9.17) is 0 Å². The van der Waals surface area contributed by atoms with Gasteiger partial charge in [-0.25, -0.2) is 13.1 Å². The Kier molecular flexibility index (Phi) is 6.15. The van der Waals surface area contributed by atoms with Crippen LogP contribution in [0.1, 0.15) is 36.8 Å². The molecule has 0 heterocycles. The number of allylic oxidation sites excluding steroid dienone is 1. The Morgan fingerprint density at radius 1 is 1.04 bits per heavy atom. The van der Waals surface area contributed by atoms with Crippen LogP contribution in [0, 0.1) is 6.92 Å². The first-order valence-corrected chi connectivity index (χ1v) is 9.58. The standard InChI is InChI=1S/C20H23NO3S/c1-15(2)13-18(17-7-5-4-6-8-17)14-20(22)21-25(23,24)19-11-9-16(3)10-12-19/h4-12,18H,1,13-14H2,2-3H3,(H,21,22). The Balaban J connectivity index is 2.13. The number of carbonyl (C=O) groups excluding carboxylic acids is 1. The highest BCUT2D eigenvalue weighted by Crippen LogP contribution is 2.26. The van der Waals surface area contributed by atoms with E-state index in [1.54, 1.807) is 12.1 Å². The quantitative estimate of drug-likeness (QED) is 0.764. The summed E-state index contributed by atoms with van der Waals surface area (Å²) < 4.78 is 26.9. The van der Waals surface area contributed by atoms with Gasteiger partial charge in [0.1, 0.15) is 0 Å². The lowest BCUT2D eigenvalue weighted by atomic mass is 9.90. The van der Waals surface area contributed by atoms with E-state index in [1.807, 2.05) is 44.2 Å².